The van der Waals surface area contributed by atoms with Crippen LogP contribution in [0.3, 0.4) is 0 Å². The van der Waals surface area contributed by atoms with Gasteiger partial charge in [0.2, 0.25) is 5.91 Å². The monoisotopic (exact) mass is 1650 g/mol. The number of hydrogen-bond donors (Lipinski definition) is 2. The number of amides is 3. The van der Waals surface area contributed by atoms with Gasteiger partial charge in [0, 0.05) is 57.2 Å². The Morgan fingerprint density at radius 2 is 1.18 bits per heavy atom. The molecule has 0 saturated carbocycles. The average Bonchev–Trinajstić information content (AvgIpc) is 1.00. The Morgan fingerprint density at radius 1 is 0.619 bits per heavy atom. The highest BCUT2D eigenvalue weighted by atomic mass is 31.2. The summed E-state index contributed by atoms with van der Waals surface area (Å²) in [6.07, 6.45) is 3.81. The molecular formula is C88H106N12O16P2. The lowest BCUT2D eigenvalue weighted by Gasteiger charge is -2.37. The summed E-state index contributed by atoms with van der Waals surface area (Å²) in [5, 5.41) is 5.86. The molecule has 6 heterocycles. The normalized spacial score (nSPS) is 18.4. The number of ketones is 1. The Bertz CT molecular complexity index is 4980. The number of phosphoric acid groups is 1. The Kier molecular flexibility index (Phi) is 29.1. The summed E-state index contributed by atoms with van der Waals surface area (Å²) in [4.78, 5) is 85.2. The van der Waals surface area contributed by atoms with Crippen molar-refractivity contribution in [3.05, 3.63) is 216 Å². The van der Waals surface area contributed by atoms with E-state index in [1.165, 1.54) is 17.6 Å². The molecule has 0 radical (unpaired) electrons. The van der Waals surface area contributed by atoms with Gasteiger partial charge in [-0.25, -0.2) is 39.3 Å². The third-order valence-corrected chi connectivity index (χ3v) is 25.3. The van der Waals surface area contributed by atoms with Crippen molar-refractivity contribution in [2.24, 2.45) is 11.8 Å². The zero-order chi connectivity index (χ0) is 83.0. The number of aromatic nitrogens is 8. The number of aryl methyl sites for hydroxylation is 1. The van der Waals surface area contributed by atoms with Crippen molar-refractivity contribution in [3.63, 3.8) is 0 Å². The number of benzene rings is 6. The third-order valence-electron chi connectivity index (χ3n) is 21.4. The first-order valence-electron chi connectivity index (χ1n) is 40.4. The first-order valence-corrected chi connectivity index (χ1v) is 43.1. The minimum absolute atomic E-state index is 0.0139. The predicted molar refractivity (Wildman–Crippen MR) is 448 cm³/mol. The molecule has 2 fully saturated rings. The molecule has 4 aromatic heterocycles. The predicted octanol–water partition coefficient (Wildman–Crippen LogP) is 16.7. The molecule has 30 heteroatoms. The van der Waals surface area contributed by atoms with Crippen molar-refractivity contribution >= 4 is 73.9 Å². The zero-order valence-electron chi connectivity index (χ0n) is 68.7. The molecule has 2 N–H and O–H groups in total. The second-order valence-electron chi connectivity index (χ2n) is 30.7. The summed E-state index contributed by atoms with van der Waals surface area (Å²) in [7, 11) is 2.47. The van der Waals surface area contributed by atoms with Crippen LogP contribution >= 0.6 is 16.2 Å². The Balaban J connectivity index is 0.762. The second kappa shape index (κ2) is 39.8. The molecule has 28 nitrogen and oxygen atoms in total. The van der Waals surface area contributed by atoms with Crippen LogP contribution in [-0.4, -0.2) is 178 Å². The van der Waals surface area contributed by atoms with E-state index < -0.39 is 70.7 Å². The smallest absolute Gasteiger partial charge is 0.475 e. The number of methoxy groups -OCH3 is 2. The van der Waals surface area contributed by atoms with Gasteiger partial charge in [-0.15, -0.1) is 0 Å². The number of nitrogens with one attached hydrogen (secondary N) is 2. The molecule has 0 spiro atoms. The molecule has 1 aliphatic carbocycles. The van der Waals surface area contributed by atoms with E-state index in [0.29, 0.717) is 78.5 Å². The molecular weight excluding hydrogens is 1540 g/mol. The minimum atomic E-state index is -4.72. The number of carbonyl (C=O) groups is 4. The molecule has 2 aliphatic heterocycles. The number of hydrogen-bond acceptors (Lipinski definition) is 23. The molecule has 3 amide bonds. The van der Waals surface area contributed by atoms with Crippen molar-refractivity contribution in [2.45, 2.75) is 160 Å². The lowest BCUT2D eigenvalue weighted by Crippen LogP contribution is -2.38. The minimum Gasteiger partial charge on any atom is -0.497 e. The van der Waals surface area contributed by atoms with Crippen molar-refractivity contribution in [1.82, 2.24) is 48.8 Å². The standard InChI is InChI=1S/C88H106N12O16P2/c1-12-46-110-117(86(58(5)6)97(7)8)115-72-48-77(99-55-93-79-81(89-53-91-83(79)99)95-76(102)28-21-45-98(9)87(104)108-50-71-69-26-19-17-24-67(69)68-25-18-20-27-70(68)71)114-75(72)52-112-118(105,111-47-13-2)116-73-49-78(100-56-94-80-82(90-54-92-84(80)100)96-85(103)60-33-30-59(31-34-60)32-40-64(101)39-29-57(3)4)113-74(73)51-109-88(61-22-15-14-16-23-61,62-35-41-65(106-10)42-36-62)63-37-43-66(107-11)44-38-63/h14-20,22-27,30-31,33-38,41-44,53-58,71-75,77-78,86H,12-13,21,28-29,32,39-40,45-52H2,1-11H3,(H,89,91,95,102)(H,90,92,96,103)/t72?,73?,74-,75-,77-,78-,86?,117?,118?/m1/s1. The molecule has 118 heavy (non-hydrogen) atoms. The summed E-state index contributed by atoms with van der Waals surface area (Å²) in [6, 6.07) is 48.5. The van der Waals surface area contributed by atoms with Gasteiger partial charge in [0.25, 0.3) is 5.91 Å². The highest BCUT2D eigenvalue weighted by Crippen LogP contribution is 2.57. The van der Waals surface area contributed by atoms with E-state index >= 15 is 4.57 Å². The summed E-state index contributed by atoms with van der Waals surface area (Å²) >= 11 is 0. The van der Waals surface area contributed by atoms with Gasteiger partial charge in [0.05, 0.1) is 65.2 Å². The molecule has 624 valence electrons. The number of ether oxygens (including phenoxy) is 6. The summed E-state index contributed by atoms with van der Waals surface area (Å²) < 4.78 is 92.3. The van der Waals surface area contributed by atoms with Gasteiger partial charge in [-0.3, -0.25) is 42.0 Å². The lowest BCUT2D eigenvalue weighted by atomic mass is 9.80. The van der Waals surface area contributed by atoms with Gasteiger partial charge in [0.1, 0.15) is 72.9 Å². The van der Waals surface area contributed by atoms with Crippen LogP contribution in [0, 0.1) is 11.8 Å². The van der Waals surface area contributed by atoms with Crippen LogP contribution in [0.15, 0.2) is 177 Å². The molecule has 5 unspecified atom stereocenters. The van der Waals surface area contributed by atoms with Crippen LogP contribution in [0.1, 0.15) is 161 Å². The van der Waals surface area contributed by atoms with Crippen LogP contribution in [0.2, 0.25) is 0 Å². The van der Waals surface area contributed by atoms with E-state index in [2.05, 4.69) is 82.4 Å². The quantitative estimate of drug-likeness (QED) is 0.0266. The van der Waals surface area contributed by atoms with E-state index in [1.807, 2.05) is 143 Å². The topological polar surface area (TPSA) is 305 Å². The highest BCUT2D eigenvalue weighted by Gasteiger charge is 2.49. The van der Waals surface area contributed by atoms with Gasteiger partial charge in [-0.2, -0.15) is 0 Å². The molecule has 9 atom stereocenters. The third kappa shape index (κ3) is 20.2. The van der Waals surface area contributed by atoms with Crippen LogP contribution in [0.25, 0.3) is 33.5 Å². The maximum Gasteiger partial charge on any atom is 0.475 e. The maximum absolute atomic E-state index is 16.2. The van der Waals surface area contributed by atoms with Crippen LogP contribution in [0.5, 0.6) is 11.5 Å². The Hall–Kier alpha value is -9.80. The van der Waals surface area contributed by atoms with Crippen molar-refractivity contribution in [3.8, 4) is 22.6 Å². The maximum atomic E-state index is 16.2. The lowest BCUT2D eigenvalue weighted by molar-refractivity contribution is -0.119. The molecule has 13 rings (SSSR count). The number of nitrogens with zero attached hydrogens (tertiary/aromatic N) is 10. The van der Waals surface area contributed by atoms with Crippen LogP contribution < -0.4 is 20.1 Å². The summed E-state index contributed by atoms with van der Waals surface area (Å²) in [5.41, 5.74) is 7.95. The van der Waals surface area contributed by atoms with Gasteiger partial charge >= 0.3 is 13.9 Å². The van der Waals surface area contributed by atoms with E-state index in [0.717, 1.165) is 57.3 Å². The van der Waals surface area contributed by atoms with Crippen LogP contribution in [-0.2, 0) is 67.7 Å². The fourth-order valence-corrected chi connectivity index (χ4v) is 18.9. The zero-order valence-corrected chi connectivity index (χ0v) is 70.5. The number of anilines is 2. The number of phosphoric ester groups is 1. The highest BCUT2D eigenvalue weighted by molar-refractivity contribution is 7.48. The number of fused-ring (bicyclic) bond motifs is 5. The van der Waals surface area contributed by atoms with E-state index in [1.54, 1.807) is 55.2 Å². The van der Waals surface area contributed by atoms with Gasteiger partial charge < -0.3 is 53.0 Å². The SMILES string of the molecule is CCCOP(OC1C[C@H](n2cnc3c(NC(=O)CCCN(C)C(=O)OCC4c5ccccc5-c5ccccc54)ncnc32)O[C@@H]1COP(=O)(OCCC)OC1C[C@H](n2cnc3c(NC(=O)c4ccc(CCC(=O)CCC(C)C)cc4)ncnc32)O[C@@H]1COC(c1ccccc1)(c1ccc(OC)cc1)c1ccc(OC)cc1)C(C(C)C)N(C)C. The first kappa shape index (κ1) is 86.1. The van der Waals surface area contributed by atoms with E-state index in [9.17, 15) is 19.2 Å². The van der Waals surface area contributed by atoms with Gasteiger partial charge in [-0.1, -0.05) is 157 Å². The van der Waals surface area contributed by atoms with Crippen molar-refractivity contribution in [2.75, 3.05) is 85.6 Å². The Labute approximate surface area is 689 Å². The van der Waals surface area contributed by atoms with Gasteiger partial charge in [-0.05, 0) is 139 Å². The van der Waals surface area contributed by atoms with Gasteiger partial charge in [0.15, 0.2) is 42.3 Å². The van der Waals surface area contributed by atoms with Crippen molar-refractivity contribution in [1.29, 1.82) is 0 Å². The number of Topliss-reactive ketones (excluding diaryl/α,β-unsaturated/α-hetero) is 1. The first-order chi connectivity index (χ1) is 57.2. The summed E-state index contributed by atoms with van der Waals surface area (Å²) in [6.45, 7) is 12.6. The largest absolute Gasteiger partial charge is 0.497 e. The number of carbonyl (C=O) groups excluding carboxylic acids is 4. The fourth-order valence-electron chi connectivity index (χ4n) is 15.3. The average molecular weight is 1650 g/mol. The van der Waals surface area contributed by atoms with E-state index in [4.69, 9.17) is 66.0 Å². The molecule has 6 aromatic carbocycles. The molecule has 3 aliphatic rings. The fraction of sp³-hybridized carbons (Fsp3) is 0.432. The number of rotatable bonds is 41. The molecule has 10 aromatic rings. The molecule has 2 saturated heterocycles. The second-order valence-corrected chi connectivity index (χ2v) is 33.9. The Morgan fingerprint density at radius 3 is 1.75 bits per heavy atom. The van der Waals surface area contributed by atoms with E-state index in [-0.39, 0.29) is 98.7 Å². The van der Waals surface area contributed by atoms with Crippen molar-refractivity contribution < 1.29 is 74.8 Å². The number of imidazole rings is 2. The summed E-state index contributed by atoms with van der Waals surface area (Å²) in [5.74, 6) is 1.27. The van der Waals surface area contributed by atoms with Crippen LogP contribution in [0.4, 0.5) is 16.4 Å². The molecule has 0 bridgehead atoms.